The van der Waals surface area contributed by atoms with Crippen molar-refractivity contribution in [3.63, 3.8) is 0 Å². The van der Waals surface area contributed by atoms with E-state index in [1.165, 1.54) is 4.40 Å². The molecule has 0 saturated carbocycles. The Morgan fingerprint density at radius 2 is 2.11 bits per heavy atom. The lowest BCUT2D eigenvalue weighted by molar-refractivity contribution is 0.421. The standard InChI is InChI=1S/C13H16BrN3O/c1-13(2,3)15-7-10-6-12(18)17-8-9(14)4-5-11(17)16-10/h4-6,8,15H,7H2,1-3H3. The number of aromatic nitrogens is 2. The highest BCUT2D eigenvalue weighted by Crippen LogP contribution is 2.09. The fourth-order valence-corrected chi connectivity index (χ4v) is 1.91. The number of halogens is 1. The van der Waals surface area contributed by atoms with E-state index in [1.807, 2.05) is 12.1 Å². The lowest BCUT2D eigenvalue weighted by atomic mass is 10.1. The molecule has 2 aromatic rings. The van der Waals surface area contributed by atoms with Crippen LogP contribution < -0.4 is 10.9 Å². The first-order valence-corrected chi connectivity index (χ1v) is 6.57. The van der Waals surface area contributed by atoms with Crippen molar-refractivity contribution in [3.05, 3.63) is 44.9 Å². The number of nitrogens with one attached hydrogen (secondary N) is 1. The predicted molar refractivity (Wildman–Crippen MR) is 75.8 cm³/mol. The van der Waals surface area contributed by atoms with Crippen LogP contribution in [0.25, 0.3) is 5.65 Å². The van der Waals surface area contributed by atoms with Gasteiger partial charge in [0.2, 0.25) is 0 Å². The summed E-state index contributed by atoms with van der Waals surface area (Å²) in [5.74, 6) is 0. The quantitative estimate of drug-likeness (QED) is 0.926. The summed E-state index contributed by atoms with van der Waals surface area (Å²) in [4.78, 5) is 16.4. The molecule has 0 radical (unpaired) electrons. The number of fused-ring (bicyclic) bond motifs is 1. The molecule has 5 heteroatoms. The highest BCUT2D eigenvalue weighted by molar-refractivity contribution is 9.10. The maximum absolute atomic E-state index is 12.0. The SMILES string of the molecule is CC(C)(C)NCc1cc(=O)n2cc(Br)ccc2n1. The molecule has 2 aromatic heterocycles. The van der Waals surface area contributed by atoms with Crippen LogP contribution in [0.5, 0.6) is 0 Å². The molecule has 0 amide bonds. The highest BCUT2D eigenvalue weighted by atomic mass is 79.9. The molecule has 2 rings (SSSR count). The average molecular weight is 310 g/mol. The second-order valence-corrected chi connectivity index (χ2v) is 6.18. The van der Waals surface area contributed by atoms with E-state index in [-0.39, 0.29) is 11.1 Å². The summed E-state index contributed by atoms with van der Waals surface area (Å²) in [6, 6.07) is 5.27. The molecule has 0 saturated heterocycles. The number of hydrogen-bond donors (Lipinski definition) is 1. The number of hydrogen-bond acceptors (Lipinski definition) is 3. The summed E-state index contributed by atoms with van der Waals surface area (Å²) in [5.41, 5.74) is 1.37. The van der Waals surface area contributed by atoms with Gasteiger partial charge < -0.3 is 5.32 Å². The number of pyridine rings is 1. The first-order chi connectivity index (χ1) is 8.35. The van der Waals surface area contributed by atoms with Gasteiger partial charge in [0.05, 0.1) is 5.69 Å². The molecular formula is C13H16BrN3O. The highest BCUT2D eigenvalue weighted by Gasteiger charge is 2.10. The van der Waals surface area contributed by atoms with Gasteiger partial charge in [-0.15, -0.1) is 0 Å². The summed E-state index contributed by atoms with van der Waals surface area (Å²) in [5, 5.41) is 3.32. The van der Waals surface area contributed by atoms with Crippen LogP contribution in [0.1, 0.15) is 26.5 Å². The van der Waals surface area contributed by atoms with E-state index in [1.54, 1.807) is 12.3 Å². The van der Waals surface area contributed by atoms with Crippen molar-refractivity contribution in [3.8, 4) is 0 Å². The van der Waals surface area contributed by atoms with Gasteiger partial charge in [0.1, 0.15) is 5.65 Å². The molecule has 0 spiro atoms. The van der Waals surface area contributed by atoms with E-state index in [9.17, 15) is 4.79 Å². The van der Waals surface area contributed by atoms with Gasteiger partial charge in [-0.25, -0.2) is 4.98 Å². The molecule has 18 heavy (non-hydrogen) atoms. The lowest BCUT2D eigenvalue weighted by Crippen LogP contribution is -2.35. The second kappa shape index (κ2) is 4.82. The molecule has 0 aliphatic rings. The molecule has 2 heterocycles. The smallest absolute Gasteiger partial charge is 0.258 e. The summed E-state index contributed by atoms with van der Waals surface area (Å²) < 4.78 is 2.39. The van der Waals surface area contributed by atoms with Crippen LogP contribution in [0.4, 0.5) is 0 Å². The van der Waals surface area contributed by atoms with Gasteiger partial charge in [-0.1, -0.05) is 0 Å². The van der Waals surface area contributed by atoms with E-state index in [0.29, 0.717) is 12.2 Å². The summed E-state index contributed by atoms with van der Waals surface area (Å²) >= 11 is 3.34. The monoisotopic (exact) mass is 309 g/mol. The molecule has 4 nitrogen and oxygen atoms in total. The van der Waals surface area contributed by atoms with Crippen molar-refractivity contribution in [1.29, 1.82) is 0 Å². The van der Waals surface area contributed by atoms with Crippen LogP contribution in [0.2, 0.25) is 0 Å². The van der Waals surface area contributed by atoms with Crippen molar-refractivity contribution in [2.75, 3.05) is 0 Å². The van der Waals surface area contributed by atoms with Crippen molar-refractivity contribution in [2.45, 2.75) is 32.9 Å². The molecule has 0 aliphatic carbocycles. The first-order valence-electron chi connectivity index (χ1n) is 5.78. The fraction of sp³-hybridized carbons (Fsp3) is 0.385. The normalized spacial score (nSPS) is 12.0. The lowest BCUT2D eigenvalue weighted by Gasteiger charge is -2.20. The molecular weight excluding hydrogens is 294 g/mol. The molecule has 0 fully saturated rings. The van der Waals surface area contributed by atoms with Gasteiger partial charge in [-0.2, -0.15) is 0 Å². The molecule has 96 valence electrons. The van der Waals surface area contributed by atoms with Gasteiger partial charge >= 0.3 is 0 Å². The Kier molecular flexibility index (Phi) is 3.54. The topological polar surface area (TPSA) is 46.4 Å². The van der Waals surface area contributed by atoms with Crippen molar-refractivity contribution in [1.82, 2.24) is 14.7 Å². The third-order valence-corrected chi connectivity index (χ3v) is 2.95. The molecule has 0 bridgehead atoms. The summed E-state index contributed by atoms with van der Waals surface area (Å²) in [7, 11) is 0. The first kappa shape index (κ1) is 13.2. The van der Waals surface area contributed by atoms with Crippen molar-refractivity contribution < 1.29 is 0 Å². The van der Waals surface area contributed by atoms with Crippen LogP contribution in [-0.4, -0.2) is 14.9 Å². The third-order valence-electron chi connectivity index (χ3n) is 2.48. The van der Waals surface area contributed by atoms with Gasteiger partial charge in [0.15, 0.2) is 0 Å². The van der Waals surface area contributed by atoms with Crippen LogP contribution in [-0.2, 0) is 6.54 Å². The Morgan fingerprint density at radius 3 is 2.78 bits per heavy atom. The van der Waals surface area contributed by atoms with Gasteiger partial charge in [-0.05, 0) is 48.8 Å². The Balaban J connectivity index is 2.38. The third kappa shape index (κ3) is 3.17. The second-order valence-electron chi connectivity index (χ2n) is 5.26. The Hall–Kier alpha value is -1.20. The van der Waals surface area contributed by atoms with Crippen LogP contribution in [0.3, 0.4) is 0 Å². The van der Waals surface area contributed by atoms with E-state index >= 15 is 0 Å². The van der Waals surface area contributed by atoms with Gasteiger partial charge in [0.25, 0.3) is 5.56 Å². The largest absolute Gasteiger partial charge is 0.306 e. The van der Waals surface area contributed by atoms with Gasteiger partial charge in [0, 0.05) is 28.8 Å². The van der Waals surface area contributed by atoms with Crippen LogP contribution >= 0.6 is 15.9 Å². The number of rotatable bonds is 2. The molecule has 0 atom stereocenters. The Labute approximate surface area is 114 Å². The predicted octanol–water partition coefficient (Wildman–Crippen LogP) is 2.35. The van der Waals surface area contributed by atoms with Gasteiger partial charge in [-0.3, -0.25) is 9.20 Å². The minimum atomic E-state index is -0.0630. The summed E-state index contributed by atoms with van der Waals surface area (Å²) in [6.45, 7) is 6.83. The van der Waals surface area contributed by atoms with E-state index in [0.717, 1.165) is 10.2 Å². The Morgan fingerprint density at radius 1 is 1.39 bits per heavy atom. The molecule has 0 unspecified atom stereocenters. The zero-order valence-electron chi connectivity index (χ0n) is 10.7. The van der Waals surface area contributed by atoms with Crippen molar-refractivity contribution in [2.24, 2.45) is 0 Å². The molecule has 0 aliphatic heterocycles. The van der Waals surface area contributed by atoms with Crippen molar-refractivity contribution >= 4 is 21.6 Å². The summed E-state index contributed by atoms with van der Waals surface area (Å²) in [6.07, 6.45) is 1.73. The van der Waals surface area contributed by atoms with Crippen LogP contribution in [0, 0.1) is 0 Å². The van der Waals surface area contributed by atoms with Crippen LogP contribution in [0.15, 0.2) is 33.7 Å². The minimum Gasteiger partial charge on any atom is -0.306 e. The fourth-order valence-electron chi connectivity index (χ4n) is 1.57. The zero-order valence-corrected chi connectivity index (χ0v) is 12.3. The average Bonchev–Trinajstić information content (AvgIpc) is 2.26. The number of nitrogens with zero attached hydrogens (tertiary/aromatic N) is 2. The maximum atomic E-state index is 12.0. The minimum absolute atomic E-state index is 0.00649. The zero-order chi connectivity index (χ0) is 13.3. The molecule has 0 aromatic carbocycles. The maximum Gasteiger partial charge on any atom is 0.258 e. The van der Waals surface area contributed by atoms with E-state index < -0.39 is 0 Å². The Bertz CT molecular complexity index is 628. The van der Waals surface area contributed by atoms with E-state index in [4.69, 9.17) is 0 Å². The van der Waals surface area contributed by atoms with E-state index in [2.05, 4.69) is 47.0 Å². The molecule has 1 N–H and O–H groups in total.